The number of hydrogen-bond donors (Lipinski definition) is 3. The maximum absolute atomic E-state index is 14.3. The van der Waals surface area contributed by atoms with Gasteiger partial charge in [-0.05, 0) is 81.0 Å². The van der Waals surface area contributed by atoms with Crippen LogP contribution in [0.4, 0.5) is 0 Å². The van der Waals surface area contributed by atoms with E-state index in [0.29, 0.717) is 43.4 Å². The number of aliphatic hydroxyl groups is 2. The second-order valence-corrected chi connectivity index (χ2v) is 15.2. The van der Waals surface area contributed by atoms with Crippen molar-refractivity contribution < 1.29 is 53.1 Å². The first kappa shape index (κ1) is 39.1. The van der Waals surface area contributed by atoms with Crippen LogP contribution in [0.3, 0.4) is 0 Å². The molecule has 4 aliphatic rings. The van der Waals surface area contributed by atoms with Gasteiger partial charge in [-0.15, -0.1) is 0 Å². The van der Waals surface area contributed by atoms with Crippen molar-refractivity contribution >= 4 is 29.8 Å². The van der Waals surface area contributed by atoms with Crippen LogP contribution in [0.2, 0.25) is 0 Å². The van der Waals surface area contributed by atoms with Crippen molar-refractivity contribution in [2.24, 2.45) is 0 Å². The summed E-state index contributed by atoms with van der Waals surface area (Å²) in [6.45, 7) is 5.35. The van der Waals surface area contributed by atoms with E-state index in [4.69, 9.17) is 28.8 Å². The van der Waals surface area contributed by atoms with Gasteiger partial charge in [0, 0.05) is 37.8 Å². The molecule has 0 radical (unpaired) electrons. The fourth-order valence-electron chi connectivity index (χ4n) is 7.49. The molecule has 2 amide bonds. The SMILES string of the molecule is CC(C)(C)OC(=O)CC[C@@H](CO)NC(=O)[C@H]1CCCN1C(=O)C1=C[C@H]2OC3(Cc4ccccc4C3)O[C@H]2[C@H](OC(=O)c2ccc(C=COCCO)cc2)C1. The molecule has 54 heavy (non-hydrogen) atoms. The molecule has 2 saturated heterocycles. The molecule has 2 aliphatic carbocycles. The van der Waals surface area contributed by atoms with E-state index in [1.807, 2.05) is 24.3 Å². The Balaban J connectivity index is 1.16. The molecule has 2 fully saturated rings. The Labute approximate surface area is 315 Å². The van der Waals surface area contributed by atoms with Gasteiger partial charge in [-0.3, -0.25) is 14.4 Å². The Bertz CT molecular complexity index is 1720. The van der Waals surface area contributed by atoms with Crippen LogP contribution in [0, 0.1) is 0 Å². The van der Waals surface area contributed by atoms with Gasteiger partial charge < -0.3 is 44.1 Å². The quantitative estimate of drug-likeness (QED) is 0.156. The highest BCUT2D eigenvalue weighted by Gasteiger charge is 2.55. The number of carbonyl (C=O) groups excluding carboxylic acids is 4. The lowest BCUT2D eigenvalue weighted by molar-refractivity contribution is -0.172. The molecule has 2 aromatic carbocycles. The zero-order chi connectivity index (χ0) is 38.5. The average Bonchev–Trinajstić information content (AvgIpc) is 3.87. The molecule has 2 aromatic rings. The molecule has 1 spiro atoms. The lowest BCUT2D eigenvalue weighted by atomic mass is 9.91. The molecular formula is C41H50N2O11. The highest BCUT2D eigenvalue weighted by Crippen LogP contribution is 2.45. The van der Waals surface area contributed by atoms with E-state index >= 15 is 0 Å². The topological polar surface area (TPSA) is 170 Å². The number of carbonyl (C=O) groups is 4. The smallest absolute Gasteiger partial charge is 0.338 e. The molecular weight excluding hydrogens is 696 g/mol. The third-order valence-electron chi connectivity index (χ3n) is 9.96. The van der Waals surface area contributed by atoms with Crippen molar-refractivity contribution in [2.75, 3.05) is 26.4 Å². The van der Waals surface area contributed by atoms with E-state index in [0.717, 1.165) is 16.7 Å². The molecule has 2 heterocycles. The minimum atomic E-state index is -0.973. The largest absolute Gasteiger partial charge is 0.499 e. The Hall–Kier alpha value is -4.56. The van der Waals surface area contributed by atoms with E-state index in [1.54, 1.807) is 57.2 Å². The van der Waals surface area contributed by atoms with E-state index in [-0.39, 0.29) is 45.0 Å². The Morgan fingerprint density at radius 1 is 1.04 bits per heavy atom. The predicted octanol–water partition coefficient (Wildman–Crippen LogP) is 3.39. The Kier molecular flexibility index (Phi) is 12.2. The summed E-state index contributed by atoms with van der Waals surface area (Å²) in [6, 6.07) is 13.3. The number of nitrogens with zero attached hydrogens (tertiary/aromatic N) is 1. The molecule has 0 bridgehead atoms. The maximum Gasteiger partial charge on any atom is 0.338 e. The Morgan fingerprint density at radius 3 is 2.43 bits per heavy atom. The third-order valence-corrected chi connectivity index (χ3v) is 9.96. The number of nitrogens with one attached hydrogen (secondary N) is 1. The number of aliphatic hydroxyl groups excluding tert-OH is 2. The van der Waals surface area contributed by atoms with E-state index in [1.165, 1.54) is 11.2 Å². The summed E-state index contributed by atoms with van der Waals surface area (Å²) in [5.41, 5.74) is 3.02. The minimum absolute atomic E-state index is 0.0157. The van der Waals surface area contributed by atoms with Crippen LogP contribution < -0.4 is 5.32 Å². The summed E-state index contributed by atoms with van der Waals surface area (Å²) in [6.07, 6.45) is 5.03. The normalized spacial score (nSPS) is 23.4. The molecule has 5 atom stereocenters. The first-order chi connectivity index (χ1) is 25.9. The lowest BCUT2D eigenvalue weighted by Crippen LogP contribution is -2.51. The van der Waals surface area contributed by atoms with Crippen molar-refractivity contribution in [1.29, 1.82) is 0 Å². The molecule has 6 rings (SSSR count). The highest BCUT2D eigenvalue weighted by atomic mass is 16.8. The van der Waals surface area contributed by atoms with Crippen molar-refractivity contribution in [3.05, 3.63) is 88.7 Å². The molecule has 0 saturated carbocycles. The number of amides is 2. The number of hydrogen-bond acceptors (Lipinski definition) is 11. The van der Waals surface area contributed by atoms with Crippen molar-refractivity contribution in [3.8, 4) is 0 Å². The van der Waals surface area contributed by atoms with Crippen molar-refractivity contribution in [3.63, 3.8) is 0 Å². The van der Waals surface area contributed by atoms with Crippen LogP contribution in [0.1, 0.15) is 79.9 Å². The first-order valence-electron chi connectivity index (χ1n) is 18.6. The van der Waals surface area contributed by atoms with Gasteiger partial charge in [0.1, 0.15) is 36.6 Å². The predicted molar refractivity (Wildman–Crippen MR) is 196 cm³/mol. The van der Waals surface area contributed by atoms with Crippen LogP contribution in [-0.2, 0) is 50.9 Å². The van der Waals surface area contributed by atoms with Gasteiger partial charge in [0.2, 0.25) is 11.8 Å². The fourth-order valence-corrected chi connectivity index (χ4v) is 7.49. The van der Waals surface area contributed by atoms with Gasteiger partial charge in [0.05, 0.1) is 31.1 Å². The summed E-state index contributed by atoms with van der Waals surface area (Å²) >= 11 is 0. The van der Waals surface area contributed by atoms with Crippen LogP contribution in [0.15, 0.2) is 66.4 Å². The minimum Gasteiger partial charge on any atom is -0.499 e. The number of rotatable bonds is 13. The van der Waals surface area contributed by atoms with Crippen LogP contribution in [0.5, 0.6) is 0 Å². The number of ether oxygens (including phenoxy) is 5. The lowest BCUT2D eigenvalue weighted by Gasteiger charge is -2.33. The zero-order valence-corrected chi connectivity index (χ0v) is 31.0. The highest BCUT2D eigenvalue weighted by molar-refractivity contribution is 5.98. The fraction of sp³-hybridized carbons (Fsp3) is 0.512. The standard InChI is InChI=1S/C41H50N2O11/c1-40(2,3)53-35(46)15-14-31(25-45)42-37(47)32-9-6-17-43(32)38(48)30-21-33(51-39(49)27-12-10-26(11-13-27)16-19-50-20-18-44)36-34(22-30)52-41(54-36)23-28-7-4-5-8-29(28)24-41/h4-5,7-8,10-13,16,19,22,31-34,36,44-45H,6,9,14-15,17-18,20-21,23-25H2,1-3H3,(H,42,47)/t31-,32+,33+,34+,36-/m0/s1. The molecule has 290 valence electrons. The van der Waals surface area contributed by atoms with E-state index < -0.39 is 59.6 Å². The maximum atomic E-state index is 14.3. The molecule has 13 nitrogen and oxygen atoms in total. The number of likely N-dealkylation sites (tertiary alicyclic amines) is 1. The van der Waals surface area contributed by atoms with Gasteiger partial charge in [0.15, 0.2) is 5.79 Å². The molecule has 2 aliphatic heterocycles. The molecule has 13 heteroatoms. The van der Waals surface area contributed by atoms with Crippen molar-refractivity contribution in [2.45, 2.75) is 108 Å². The number of esters is 2. The van der Waals surface area contributed by atoms with Gasteiger partial charge in [-0.2, -0.15) is 0 Å². The van der Waals surface area contributed by atoms with Crippen LogP contribution >= 0.6 is 0 Å². The van der Waals surface area contributed by atoms with Gasteiger partial charge in [-0.1, -0.05) is 36.4 Å². The second kappa shape index (κ2) is 16.8. The summed E-state index contributed by atoms with van der Waals surface area (Å²) < 4.78 is 29.9. The van der Waals surface area contributed by atoms with Crippen LogP contribution in [0.25, 0.3) is 6.08 Å². The Morgan fingerprint density at radius 2 is 1.76 bits per heavy atom. The summed E-state index contributed by atoms with van der Waals surface area (Å²) in [4.78, 5) is 55.1. The molecule has 0 unspecified atom stereocenters. The zero-order valence-electron chi connectivity index (χ0n) is 31.0. The second-order valence-electron chi connectivity index (χ2n) is 15.2. The average molecular weight is 747 g/mol. The number of benzene rings is 2. The van der Waals surface area contributed by atoms with Crippen LogP contribution in [-0.4, -0.2) is 107 Å². The van der Waals surface area contributed by atoms with Gasteiger partial charge >= 0.3 is 11.9 Å². The van der Waals surface area contributed by atoms with E-state index in [9.17, 15) is 24.3 Å². The van der Waals surface area contributed by atoms with Gasteiger partial charge in [0.25, 0.3) is 0 Å². The molecule has 3 N–H and O–H groups in total. The summed E-state index contributed by atoms with van der Waals surface area (Å²) in [7, 11) is 0. The first-order valence-corrected chi connectivity index (χ1v) is 18.6. The summed E-state index contributed by atoms with van der Waals surface area (Å²) in [5, 5.41) is 21.7. The van der Waals surface area contributed by atoms with E-state index in [2.05, 4.69) is 5.32 Å². The monoisotopic (exact) mass is 746 g/mol. The third kappa shape index (κ3) is 9.38. The van der Waals surface area contributed by atoms with Gasteiger partial charge in [-0.25, -0.2) is 4.79 Å². The molecule has 0 aromatic heterocycles. The summed E-state index contributed by atoms with van der Waals surface area (Å²) in [5.74, 6) is -2.76. The number of fused-ring (bicyclic) bond motifs is 2. The van der Waals surface area contributed by atoms with Crippen molar-refractivity contribution in [1.82, 2.24) is 10.2 Å².